The SMILES string of the molecule is Cc1cc(SCc2cccnc2)nc(=O)[nH]1. The lowest BCUT2D eigenvalue weighted by molar-refractivity contribution is 0.945. The van der Waals surface area contributed by atoms with Crippen LogP contribution in [0.4, 0.5) is 0 Å². The minimum Gasteiger partial charge on any atom is -0.310 e. The summed E-state index contributed by atoms with van der Waals surface area (Å²) in [5.41, 5.74) is 1.65. The van der Waals surface area contributed by atoms with Crippen LogP contribution in [0.25, 0.3) is 0 Å². The van der Waals surface area contributed by atoms with E-state index in [0.717, 1.165) is 22.0 Å². The van der Waals surface area contributed by atoms with E-state index in [1.165, 1.54) is 11.8 Å². The van der Waals surface area contributed by atoms with Gasteiger partial charge in [0.2, 0.25) is 0 Å². The van der Waals surface area contributed by atoms with Crippen LogP contribution < -0.4 is 5.69 Å². The number of hydrogen-bond donors (Lipinski definition) is 1. The summed E-state index contributed by atoms with van der Waals surface area (Å²) in [6.07, 6.45) is 3.55. The predicted octanol–water partition coefficient (Wildman–Crippen LogP) is 1.77. The molecule has 2 aromatic rings. The monoisotopic (exact) mass is 233 g/mol. The van der Waals surface area contributed by atoms with Crippen LogP contribution >= 0.6 is 11.8 Å². The van der Waals surface area contributed by atoms with Gasteiger partial charge in [-0.05, 0) is 24.6 Å². The quantitative estimate of drug-likeness (QED) is 0.648. The number of thioether (sulfide) groups is 1. The molecule has 0 radical (unpaired) electrons. The Labute approximate surface area is 97.2 Å². The van der Waals surface area contributed by atoms with E-state index in [-0.39, 0.29) is 5.69 Å². The standard InChI is InChI=1S/C11H11N3OS/c1-8-5-10(14-11(15)13-8)16-7-9-3-2-4-12-6-9/h2-6H,7H2,1H3,(H,13,14,15). The number of rotatable bonds is 3. The van der Waals surface area contributed by atoms with E-state index in [1.807, 2.05) is 31.3 Å². The Bertz CT molecular complexity index is 524. The fourth-order valence-corrected chi connectivity index (χ4v) is 2.16. The van der Waals surface area contributed by atoms with Gasteiger partial charge in [0, 0.05) is 23.8 Å². The third kappa shape index (κ3) is 2.93. The molecule has 0 aliphatic carbocycles. The summed E-state index contributed by atoms with van der Waals surface area (Å²) in [7, 11) is 0. The fraction of sp³-hybridized carbons (Fsp3) is 0.182. The van der Waals surface area contributed by atoms with Crippen molar-refractivity contribution in [1.29, 1.82) is 0 Å². The van der Waals surface area contributed by atoms with Crippen LogP contribution in [0, 0.1) is 6.92 Å². The zero-order valence-corrected chi connectivity index (χ0v) is 9.62. The van der Waals surface area contributed by atoms with E-state index >= 15 is 0 Å². The van der Waals surface area contributed by atoms with Gasteiger partial charge < -0.3 is 4.98 Å². The Morgan fingerprint density at radius 2 is 2.38 bits per heavy atom. The third-order valence-corrected chi connectivity index (χ3v) is 2.95. The van der Waals surface area contributed by atoms with Crippen molar-refractivity contribution in [2.45, 2.75) is 17.7 Å². The maximum Gasteiger partial charge on any atom is 0.346 e. The maximum atomic E-state index is 11.1. The van der Waals surface area contributed by atoms with Gasteiger partial charge in [0.15, 0.2) is 0 Å². The Morgan fingerprint density at radius 1 is 1.50 bits per heavy atom. The smallest absolute Gasteiger partial charge is 0.310 e. The number of nitrogens with one attached hydrogen (secondary N) is 1. The van der Waals surface area contributed by atoms with Crippen molar-refractivity contribution >= 4 is 11.8 Å². The molecule has 0 aliphatic heterocycles. The Kier molecular flexibility index (Phi) is 3.36. The molecule has 0 bridgehead atoms. The number of nitrogens with zero attached hydrogens (tertiary/aromatic N) is 2. The van der Waals surface area contributed by atoms with Gasteiger partial charge in [-0.25, -0.2) is 4.79 Å². The highest BCUT2D eigenvalue weighted by Crippen LogP contribution is 2.19. The van der Waals surface area contributed by atoms with E-state index in [1.54, 1.807) is 6.20 Å². The highest BCUT2D eigenvalue weighted by Gasteiger charge is 2.00. The van der Waals surface area contributed by atoms with Crippen LogP contribution in [-0.2, 0) is 5.75 Å². The molecule has 2 rings (SSSR count). The molecule has 0 saturated heterocycles. The molecule has 1 N–H and O–H groups in total. The second-order valence-electron chi connectivity index (χ2n) is 3.36. The number of aryl methyl sites for hydroxylation is 1. The first-order valence-electron chi connectivity index (χ1n) is 4.84. The van der Waals surface area contributed by atoms with Crippen LogP contribution in [0.5, 0.6) is 0 Å². The first kappa shape index (κ1) is 10.9. The molecule has 0 unspecified atom stereocenters. The summed E-state index contributed by atoms with van der Waals surface area (Å²) >= 11 is 1.53. The van der Waals surface area contributed by atoms with Crippen molar-refractivity contribution < 1.29 is 0 Å². The number of hydrogen-bond acceptors (Lipinski definition) is 4. The predicted molar refractivity (Wildman–Crippen MR) is 63.4 cm³/mol. The van der Waals surface area contributed by atoms with E-state index in [9.17, 15) is 4.79 Å². The van der Waals surface area contributed by atoms with Crippen LogP contribution in [0.2, 0.25) is 0 Å². The molecule has 5 heteroatoms. The van der Waals surface area contributed by atoms with Gasteiger partial charge in [-0.2, -0.15) is 4.98 Å². The molecule has 0 fully saturated rings. The van der Waals surface area contributed by atoms with Gasteiger partial charge in [-0.15, -0.1) is 11.8 Å². The summed E-state index contributed by atoms with van der Waals surface area (Å²) in [6.45, 7) is 1.84. The maximum absolute atomic E-state index is 11.1. The second-order valence-corrected chi connectivity index (χ2v) is 4.35. The van der Waals surface area contributed by atoms with E-state index in [0.29, 0.717) is 0 Å². The average molecular weight is 233 g/mol. The molecule has 4 nitrogen and oxygen atoms in total. The Hall–Kier alpha value is -1.62. The molecule has 0 aliphatic rings. The molecule has 0 atom stereocenters. The molecule has 0 aromatic carbocycles. The topological polar surface area (TPSA) is 58.6 Å². The van der Waals surface area contributed by atoms with Gasteiger partial charge in [0.25, 0.3) is 0 Å². The van der Waals surface area contributed by atoms with Gasteiger partial charge in [-0.1, -0.05) is 6.07 Å². The molecule has 16 heavy (non-hydrogen) atoms. The van der Waals surface area contributed by atoms with Crippen molar-refractivity contribution in [3.8, 4) is 0 Å². The number of aromatic amines is 1. The Balaban J connectivity index is 2.08. The molecule has 0 spiro atoms. The highest BCUT2D eigenvalue weighted by molar-refractivity contribution is 7.98. The number of pyridine rings is 1. The zero-order chi connectivity index (χ0) is 11.4. The first-order chi connectivity index (χ1) is 7.74. The molecule has 82 valence electrons. The van der Waals surface area contributed by atoms with Crippen molar-refractivity contribution in [3.05, 3.63) is 52.3 Å². The Morgan fingerprint density at radius 3 is 3.06 bits per heavy atom. The summed E-state index contributed by atoms with van der Waals surface area (Å²) in [5.74, 6) is 0.768. The third-order valence-electron chi connectivity index (χ3n) is 1.97. The summed E-state index contributed by atoms with van der Waals surface area (Å²) in [4.78, 5) is 21.7. The largest absolute Gasteiger partial charge is 0.346 e. The average Bonchev–Trinajstić information content (AvgIpc) is 2.27. The minimum absolute atomic E-state index is 0.298. The van der Waals surface area contributed by atoms with Gasteiger partial charge in [-0.3, -0.25) is 4.98 Å². The zero-order valence-electron chi connectivity index (χ0n) is 8.80. The summed E-state index contributed by atoms with van der Waals surface area (Å²) in [6, 6.07) is 5.76. The normalized spacial score (nSPS) is 10.3. The molecule has 2 heterocycles. The molecule has 0 amide bonds. The van der Waals surface area contributed by atoms with E-state index in [4.69, 9.17) is 0 Å². The lowest BCUT2D eigenvalue weighted by Gasteiger charge is -2.01. The van der Waals surface area contributed by atoms with Gasteiger partial charge >= 0.3 is 5.69 Å². The lowest BCUT2D eigenvalue weighted by atomic mass is 10.3. The van der Waals surface area contributed by atoms with E-state index < -0.39 is 0 Å². The summed E-state index contributed by atoms with van der Waals surface area (Å²) in [5, 5.41) is 0.741. The van der Waals surface area contributed by atoms with Gasteiger partial charge in [0.1, 0.15) is 5.03 Å². The van der Waals surface area contributed by atoms with Crippen LogP contribution in [0.15, 0.2) is 40.4 Å². The van der Waals surface area contributed by atoms with Crippen molar-refractivity contribution in [2.24, 2.45) is 0 Å². The van der Waals surface area contributed by atoms with Crippen LogP contribution in [0.1, 0.15) is 11.3 Å². The first-order valence-corrected chi connectivity index (χ1v) is 5.82. The number of H-pyrrole nitrogens is 1. The molecular weight excluding hydrogens is 222 g/mol. The van der Waals surface area contributed by atoms with Crippen molar-refractivity contribution in [1.82, 2.24) is 15.0 Å². The summed E-state index contributed by atoms with van der Waals surface area (Å²) < 4.78 is 0. The van der Waals surface area contributed by atoms with Crippen molar-refractivity contribution in [3.63, 3.8) is 0 Å². The lowest BCUT2D eigenvalue weighted by Crippen LogP contribution is -2.11. The van der Waals surface area contributed by atoms with Crippen LogP contribution in [0.3, 0.4) is 0 Å². The second kappa shape index (κ2) is 4.94. The molecular formula is C11H11N3OS. The fourth-order valence-electron chi connectivity index (χ4n) is 1.26. The van der Waals surface area contributed by atoms with Crippen molar-refractivity contribution in [2.75, 3.05) is 0 Å². The van der Waals surface area contributed by atoms with E-state index in [2.05, 4.69) is 15.0 Å². The minimum atomic E-state index is -0.298. The van der Waals surface area contributed by atoms with Crippen LogP contribution in [-0.4, -0.2) is 15.0 Å². The molecule has 2 aromatic heterocycles. The molecule has 0 saturated carbocycles. The highest BCUT2D eigenvalue weighted by atomic mass is 32.2. The van der Waals surface area contributed by atoms with Gasteiger partial charge in [0.05, 0.1) is 0 Å². The number of aromatic nitrogens is 3.